The lowest BCUT2D eigenvalue weighted by Gasteiger charge is -2.14. The first-order valence-electron chi connectivity index (χ1n) is 3.29. The van der Waals surface area contributed by atoms with Crippen LogP contribution in [0.3, 0.4) is 0 Å². The smallest absolute Gasteiger partial charge is 0.0335 e. The minimum atomic E-state index is 0.681. The number of rotatable bonds is 2. The van der Waals surface area contributed by atoms with Gasteiger partial charge in [0.2, 0.25) is 0 Å². The van der Waals surface area contributed by atoms with Crippen LogP contribution in [0.2, 0.25) is 0 Å². The molecule has 0 saturated carbocycles. The molecule has 1 heterocycles. The van der Waals surface area contributed by atoms with Crippen LogP contribution in [0.15, 0.2) is 0 Å². The lowest BCUT2D eigenvalue weighted by Crippen LogP contribution is -2.34. The fourth-order valence-electron chi connectivity index (χ4n) is 1.19. The van der Waals surface area contributed by atoms with E-state index in [-0.39, 0.29) is 0 Å². The number of likely N-dealkylation sites (N-methyl/N-ethyl adjacent to an activating group) is 1. The van der Waals surface area contributed by atoms with Crippen molar-refractivity contribution in [1.29, 1.82) is 0 Å². The molecule has 1 aliphatic rings. The van der Waals surface area contributed by atoms with Gasteiger partial charge in [0.15, 0.2) is 0 Å². The molecule has 2 N–H and O–H groups in total. The zero-order chi connectivity index (χ0) is 6.69. The molecule has 0 radical (unpaired) electrons. The Labute approximate surface area is 60.8 Å². The first kappa shape index (κ1) is 7.38. The van der Waals surface area contributed by atoms with E-state index in [0.717, 1.165) is 18.3 Å². The van der Waals surface area contributed by atoms with E-state index in [9.17, 15) is 0 Å². The predicted molar refractivity (Wildman–Crippen MR) is 43.0 cm³/mol. The Morgan fingerprint density at radius 2 is 2.33 bits per heavy atom. The molecule has 0 aromatic carbocycles. The summed E-state index contributed by atoms with van der Waals surface area (Å²) in [6.45, 7) is 2.29. The Morgan fingerprint density at radius 1 is 1.56 bits per heavy atom. The average molecular weight is 146 g/mol. The summed E-state index contributed by atoms with van der Waals surface area (Å²) in [7, 11) is 2.03. The van der Waals surface area contributed by atoms with Gasteiger partial charge in [-0.05, 0) is 13.3 Å². The van der Waals surface area contributed by atoms with Crippen molar-refractivity contribution in [2.45, 2.75) is 11.3 Å². The molecule has 2 atom stereocenters. The molecular weight excluding hydrogens is 132 g/mol. The predicted octanol–water partition coefficient (Wildman–Crippen LogP) is -0.0908. The van der Waals surface area contributed by atoms with Crippen molar-refractivity contribution >= 4 is 11.8 Å². The van der Waals surface area contributed by atoms with E-state index in [1.54, 1.807) is 0 Å². The molecule has 54 valence electrons. The van der Waals surface area contributed by atoms with Gasteiger partial charge in [-0.3, -0.25) is 0 Å². The van der Waals surface area contributed by atoms with E-state index < -0.39 is 0 Å². The Morgan fingerprint density at radius 3 is 2.78 bits per heavy atom. The Balaban J connectivity index is 2.32. The monoisotopic (exact) mass is 146 g/mol. The van der Waals surface area contributed by atoms with Crippen LogP contribution in [0.25, 0.3) is 0 Å². The normalized spacial score (nSPS) is 35.3. The molecule has 2 nitrogen and oxygen atoms in total. The molecule has 1 saturated heterocycles. The minimum Gasteiger partial charge on any atom is -0.315 e. The fraction of sp³-hybridized carbons (Fsp3) is 1.00. The van der Waals surface area contributed by atoms with Crippen molar-refractivity contribution in [3.8, 4) is 0 Å². The van der Waals surface area contributed by atoms with Crippen molar-refractivity contribution in [3.63, 3.8) is 0 Å². The molecule has 0 bridgehead atoms. The van der Waals surface area contributed by atoms with Gasteiger partial charge < -0.3 is 10.6 Å². The van der Waals surface area contributed by atoms with Crippen molar-refractivity contribution in [2.24, 2.45) is 0 Å². The zero-order valence-corrected chi connectivity index (χ0v) is 6.79. The van der Waals surface area contributed by atoms with Crippen LogP contribution in [-0.2, 0) is 0 Å². The third-order valence-electron chi connectivity index (χ3n) is 1.83. The molecule has 9 heavy (non-hydrogen) atoms. The molecule has 1 fully saturated rings. The number of hydrogen-bond acceptors (Lipinski definition) is 3. The van der Waals surface area contributed by atoms with Gasteiger partial charge in [-0.25, -0.2) is 0 Å². The van der Waals surface area contributed by atoms with Crippen LogP contribution in [0.1, 0.15) is 0 Å². The summed E-state index contributed by atoms with van der Waals surface area (Å²) in [6, 6.07) is 0.681. The van der Waals surface area contributed by atoms with E-state index in [4.69, 9.17) is 0 Å². The molecule has 3 heteroatoms. The van der Waals surface area contributed by atoms with Crippen molar-refractivity contribution in [2.75, 3.05) is 26.4 Å². The lowest BCUT2D eigenvalue weighted by atomic mass is 10.3. The van der Waals surface area contributed by atoms with Crippen molar-refractivity contribution in [3.05, 3.63) is 0 Å². The first-order chi connectivity index (χ1) is 4.38. The summed E-state index contributed by atoms with van der Waals surface area (Å²) >= 11 is 1.94. The van der Waals surface area contributed by atoms with Gasteiger partial charge in [0.25, 0.3) is 0 Å². The molecule has 0 unspecified atom stereocenters. The molecular formula is C6H14N2S. The minimum absolute atomic E-state index is 0.681. The van der Waals surface area contributed by atoms with E-state index >= 15 is 0 Å². The molecule has 0 spiro atoms. The lowest BCUT2D eigenvalue weighted by molar-refractivity contribution is 0.620. The van der Waals surface area contributed by atoms with Crippen molar-refractivity contribution < 1.29 is 0 Å². The van der Waals surface area contributed by atoms with Crippen molar-refractivity contribution in [1.82, 2.24) is 10.6 Å². The van der Waals surface area contributed by atoms with Gasteiger partial charge in [0.1, 0.15) is 0 Å². The highest BCUT2D eigenvalue weighted by molar-refractivity contribution is 7.99. The SMILES string of the molecule is CN[C@H]1CNC[C@@H]1SC. The number of thioether (sulfide) groups is 1. The van der Waals surface area contributed by atoms with E-state index in [1.807, 2.05) is 18.8 Å². The van der Waals surface area contributed by atoms with E-state index in [0.29, 0.717) is 6.04 Å². The Kier molecular flexibility index (Phi) is 2.82. The standard InChI is InChI=1S/C6H14N2S/c1-7-5-3-8-4-6(5)9-2/h5-8H,3-4H2,1-2H3/t5-,6-/m0/s1. The van der Waals surface area contributed by atoms with E-state index in [2.05, 4.69) is 16.9 Å². The maximum atomic E-state index is 3.34. The highest BCUT2D eigenvalue weighted by Gasteiger charge is 2.23. The quantitative estimate of drug-likeness (QED) is 0.569. The molecule has 0 aromatic rings. The topological polar surface area (TPSA) is 24.1 Å². The van der Waals surface area contributed by atoms with Gasteiger partial charge in [0.05, 0.1) is 0 Å². The summed E-state index contributed by atoms with van der Waals surface area (Å²) in [5.74, 6) is 0. The van der Waals surface area contributed by atoms with Crippen LogP contribution in [0, 0.1) is 0 Å². The Bertz CT molecular complexity index is 77.1. The third-order valence-corrected chi connectivity index (χ3v) is 2.93. The maximum Gasteiger partial charge on any atom is 0.0335 e. The average Bonchev–Trinajstić information content (AvgIpc) is 2.33. The van der Waals surface area contributed by atoms with Gasteiger partial charge in [-0.2, -0.15) is 11.8 Å². The second kappa shape index (κ2) is 3.44. The summed E-state index contributed by atoms with van der Waals surface area (Å²) in [4.78, 5) is 0. The van der Waals surface area contributed by atoms with Gasteiger partial charge in [0, 0.05) is 24.4 Å². The molecule has 1 rings (SSSR count). The summed E-state index contributed by atoms with van der Waals surface area (Å²) in [5, 5.41) is 7.40. The summed E-state index contributed by atoms with van der Waals surface area (Å²) in [6.07, 6.45) is 2.17. The highest BCUT2D eigenvalue weighted by Crippen LogP contribution is 2.13. The van der Waals surface area contributed by atoms with Crippen LogP contribution in [0.4, 0.5) is 0 Å². The third kappa shape index (κ3) is 1.60. The van der Waals surface area contributed by atoms with Gasteiger partial charge in [-0.1, -0.05) is 0 Å². The fourth-order valence-corrected chi connectivity index (χ4v) is 2.04. The number of hydrogen-bond donors (Lipinski definition) is 2. The maximum absolute atomic E-state index is 3.34. The largest absolute Gasteiger partial charge is 0.315 e. The second-order valence-corrected chi connectivity index (χ2v) is 3.40. The van der Waals surface area contributed by atoms with Crippen LogP contribution < -0.4 is 10.6 Å². The Hall–Kier alpha value is 0.270. The number of nitrogens with one attached hydrogen (secondary N) is 2. The second-order valence-electron chi connectivity index (χ2n) is 2.33. The summed E-state index contributed by atoms with van der Waals surface area (Å²) < 4.78 is 0. The molecule has 1 aliphatic heterocycles. The molecule has 0 aliphatic carbocycles. The molecule has 0 amide bonds. The van der Waals surface area contributed by atoms with Gasteiger partial charge in [-0.15, -0.1) is 0 Å². The van der Waals surface area contributed by atoms with Gasteiger partial charge >= 0.3 is 0 Å². The first-order valence-corrected chi connectivity index (χ1v) is 4.58. The van der Waals surface area contributed by atoms with Crippen LogP contribution >= 0.6 is 11.8 Å². The van der Waals surface area contributed by atoms with Crippen LogP contribution in [0.5, 0.6) is 0 Å². The van der Waals surface area contributed by atoms with E-state index in [1.165, 1.54) is 0 Å². The summed E-state index contributed by atoms with van der Waals surface area (Å²) in [5.41, 5.74) is 0. The highest BCUT2D eigenvalue weighted by atomic mass is 32.2. The molecule has 0 aromatic heterocycles. The van der Waals surface area contributed by atoms with Crippen LogP contribution in [-0.4, -0.2) is 37.7 Å². The zero-order valence-electron chi connectivity index (χ0n) is 5.98.